The van der Waals surface area contributed by atoms with E-state index < -0.39 is 22.8 Å². The molecule has 31 heavy (non-hydrogen) atoms. The Labute approximate surface area is 186 Å². The van der Waals surface area contributed by atoms with Gasteiger partial charge in [-0.25, -0.2) is 4.79 Å². The highest BCUT2D eigenvalue weighted by atomic mass is 35.5. The number of aromatic amines is 1. The van der Waals surface area contributed by atoms with Crippen LogP contribution in [0.3, 0.4) is 0 Å². The molecule has 166 valence electrons. The summed E-state index contributed by atoms with van der Waals surface area (Å²) in [4.78, 5) is 28.9. The first-order chi connectivity index (χ1) is 14.3. The number of hydrogen-bond acceptors (Lipinski definition) is 4. The van der Waals surface area contributed by atoms with Crippen LogP contribution in [-0.2, 0) is 13.6 Å². The summed E-state index contributed by atoms with van der Waals surface area (Å²) in [7, 11) is 2.06. The van der Waals surface area contributed by atoms with Crippen molar-refractivity contribution in [3.63, 3.8) is 0 Å². The zero-order valence-corrected chi connectivity index (χ0v) is 18.8. The number of aryl methyl sites for hydroxylation is 1. The minimum atomic E-state index is -1.44. The van der Waals surface area contributed by atoms with Crippen LogP contribution in [0.5, 0.6) is 5.75 Å². The van der Waals surface area contributed by atoms with Gasteiger partial charge in [0.15, 0.2) is 5.56 Å². The molecule has 0 saturated carbocycles. The molecule has 1 aliphatic rings. The van der Waals surface area contributed by atoms with Crippen molar-refractivity contribution in [1.82, 2.24) is 14.5 Å². The van der Waals surface area contributed by atoms with Crippen LogP contribution in [0.15, 0.2) is 29.1 Å². The quantitative estimate of drug-likeness (QED) is 0.549. The summed E-state index contributed by atoms with van der Waals surface area (Å²) in [5, 5.41) is 20.9. The van der Waals surface area contributed by atoms with Crippen LogP contribution in [0.1, 0.15) is 54.2 Å². The molecule has 0 atom stereocenters. The minimum Gasteiger partial charge on any atom is -0.506 e. The van der Waals surface area contributed by atoms with Crippen molar-refractivity contribution in [3.05, 3.63) is 51.4 Å². The number of aromatic carboxylic acids is 1. The van der Waals surface area contributed by atoms with Gasteiger partial charge in [-0.2, -0.15) is 0 Å². The Bertz CT molecular complexity index is 1190. The fourth-order valence-electron chi connectivity index (χ4n) is 4.48. The third-order valence-electron chi connectivity index (χ3n) is 6.03. The zero-order chi connectivity index (χ0) is 21.6. The van der Waals surface area contributed by atoms with Gasteiger partial charge < -0.3 is 19.8 Å². The maximum Gasteiger partial charge on any atom is 0.345 e. The standard InChI is InChI=1S/C23H27N3O4.ClH/c1-13(2)18-20(24-22(28)19(21(18)27)23(29)30)14-6-7-17-15(10-14)11-16(25(17)3)12-26-8-4-5-9-26;/h6-7,10-11,13H,4-5,8-9,12H2,1-3H3,(H,29,30)(H2,24,27,28);1H. The maximum absolute atomic E-state index is 12.4. The number of halogens is 1. The van der Waals surface area contributed by atoms with Gasteiger partial charge >= 0.3 is 5.97 Å². The lowest BCUT2D eigenvalue weighted by Crippen LogP contribution is -2.20. The molecule has 4 rings (SSSR count). The molecule has 0 aliphatic carbocycles. The van der Waals surface area contributed by atoms with Gasteiger partial charge in [-0.15, -0.1) is 12.4 Å². The molecular weight excluding hydrogens is 418 g/mol. The highest BCUT2D eigenvalue weighted by Crippen LogP contribution is 2.36. The van der Waals surface area contributed by atoms with Crippen LogP contribution >= 0.6 is 12.4 Å². The number of aromatic nitrogens is 2. The number of benzene rings is 1. The molecule has 3 aromatic rings. The van der Waals surface area contributed by atoms with E-state index in [4.69, 9.17) is 0 Å². The van der Waals surface area contributed by atoms with Crippen LogP contribution in [0.25, 0.3) is 22.2 Å². The summed E-state index contributed by atoms with van der Waals surface area (Å²) in [6.45, 7) is 6.88. The van der Waals surface area contributed by atoms with E-state index in [0.29, 0.717) is 11.3 Å². The van der Waals surface area contributed by atoms with E-state index in [0.717, 1.165) is 36.1 Å². The molecule has 0 radical (unpaired) electrons. The van der Waals surface area contributed by atoms with Crippen molar-refractivity contribution in [2.45, 2.75) is 39.2 Å². The molecule has 1 aliphatic heterocycles. The molecule has 0 unspecified atom stereocenters. The molecule has 2 aromatic heterocycles. The molecule has 1 aromatic carbocycles. The Morgan fingerprint density at radius 3 is 2.48 bits per heavy atom. The van der Waals surface area contributed by atoms with E-state index in [2.05, 4.69) is 27.6 Å². The summed E-state index contributed by atoms with van der Waals surface area (Å²) in [5.74, 6) is -2.07. The van der Waals surface area contributed by atoms with Gasteiger partial charge in [-0.05, 0) is 55.6 Å². The van der Waals surface area contributed by atoms with Gasteiger partial charge in [0, 0.05) is 35.8 Å². The number of rotatable bonds is 5. The van der Waals surface area contributed by atoms with Gasteiger partial charge in [0.1, 0.15) is 5.75 Å². The van der Waals surface area contributed by atoms with Crippen molar-refractivity contribution < 1.29 is 15.0 Å². The Morgan fingerprint density at radius 2 is 1.87 bits per heavy atom. The van der Waals surface area contributed by atoms with E-state index in [1.54, 1.807) is 0 Å². The van der Waals surface area contributed by atoms with Crippen molar-refractivity contribution in [3.8, 4) is 17.0 Å². The molecule has 7 nitrogen and oxygen atoms in total. The van der Waals surface area contributed by atoms with E-state index in [1.165, 1.54) is 18.5 Å². The van der Waals surface area contributed by atoms with Crippen molar-refractivity contribution in [2.75, 3.05) is 13.1 Å². The number of likely N-dealkylation sites (tertiary alicyclic amines) is 1. The maximum atomic E-state index is 12.4. The summed E-state index contributed by atoms with van der Waals surface area (Å²) >= 11 is 0. The van der Waals surface area contributed by atoms with Crippen LogP contribution in [0.2, 0.25) is 0 Å². The number of hydrogen-bond donors (Lipinski definition) is 3. The average molecular weight is 446 g/mol. The molecule has 0 bridgehead atoms. The molecular formula is C23H28ClN3O4. The number of pyridine rings is 1. The number of H-pyrrole nitrogens is 1. The highest BCUT2D eigenvalue weighted by molar-refractivity contribution is 5.93. The van der Waals surface area contributed by atoms with Crippen LogP contribution < -0.4 is 5.56 Å². The van der Waals surface area contributed by atoms with Gasteiger partial charge in [-0.3, -0.25) is 9.69 Å². The Kier molecular flexibility index (Phi) is 6.48. The predicted octanol–water partition coefficient (Wildman–Crippen LogP) is 4.08. The third-order valence-corrected chi connectivity index (χ3v) is 6.03. The molecule has 3 heterocycles. The average Bonchev–Trinajstić information content (AvgIpc) is 3.29. The number of carboxylic acid groups (broad SMARTS) is 1. The van der Waals surface area contributed by atoms with Crippen LogP contribution in [0.4, 0.5) is 0 Å². The van der Waals surface area contributed by atoms with Crippen molar-refractivity contribution in [2.24, 2.45) is 7.05 Å². The lowest BCUT2D eigenvalue weighted by molar-refractivity contribution is 0.0691. The normalized spacial score (nSPS) is 14.3. The fourth-order valence-corrected chi connectivity index (χ4v) is 4.48. The summed E-state index contributed by atoms with van der Waals surface area (Å²) in [6, 6.07) is 8.05. The smallest absolute Gasteiger partial charge is 0.345 e. The number of carboxylic acids is 1. The van der Waals surface area contributed by atoms with Crippen molar-refractivity contribution >= 4 is 29.3 Å². The summed E-state index contributed by atoms with van der Waals surface area (Å²) in [6.07, 6.45) is 2.49. The predicted molar refractivity (Wildman–Crippen MR) is 123 cm³/mol. The monoisotopic (exact) mass is 445 g/mol. The SMILES string of the molecule is CC(C)c1c(-c2ccc3c(c2)cc(CN2CCCC2)n3C)[nH]c(=O)c(C(=O)O)c1O.Cl. The van der Waals surface area contributed by atoms with Crippen LogP contribution in [0, 0.1) is 0 Å². The Hall–Kier alpha value is -2.77. The Morgan fingerprint density at radius 1 is 1.19 bits per heavy atom. The lowest BCUT2D eigenvalue weighted by atomic mass is 9.94. The minimum absolute atomic E-state index is 0. The van der Waals surface area contributed by atoms with E-state index >= 15 is 0 Å². The van der Waals surface area contributed by atoms with Crippen molar-refractivity contribution in [1.29, 1.82) is 0 Å². The fraction of sp³-hybridized carbons (Fsp3) is 0.391. The highest BCUT2D eigenvalue weighted by Gasteiger charge is 2.24. The van der Waals surface area contributed by atoms with Gasteiger partial charge in [0.2, 0.25) is 0 Å². The molecule has 3 N–H and O–H groups in total. The van der Waals surface area contributed by atoms with E-state index in [1.807, 2.05) is 32.0 Å². The molecule has 0 amide bonds. The second-order valence-corrected chi connectivity index (χ2v) is 8.38. The first-order valence-corrected chi connectivity index (χ1v) is 10.3. The number of fused-ring (bicyclic) bond motifs is 1. The molecule has 1 saturated heterocycles. The largest absolute Gasteiger partial charge is 0.506 e. The topological polar surface area (TPSA) is 98.6 Å². The van der Waals surface area contributed by atoms with Gasteiger partial charge in [0.05, 0.1) is 5.69 Å². The molecule has 8 heteroatoms. The summed E-state index contributed by atoms with van der Waals surface area (Å²) in [5.41, 5.74) is 2.54. The first-order valence-electron chi connectivity index (χ1n) is 10.3. The lowest BCUT2D eigenvalue weighted by Gasteiger charge is -2.16. The number of nitrogens with one attached hydrogen (secondary N) is 1. The van der Waals surface area contributed by atoms with Gasteiger partial charge in [0.25, 0.3) is 5.56 Å². The molecule has 0 spiro atoms. The van der Waals surface area contributed by atoms with E-state index in [-0.39, 0.29) is 18.3 Å². The second kappa shape index (κ2) is 8.77. The Balaban J connectivity index is 0.00000272. The van der Waals surface area contributed by atoms with Gasteiger partial charge in [-0.1, -0.05) is 19.9 Å². The second-order valence-electron chi connectivity index (χ2n) is 8.38. The third kappa shape index (κ3) is 4.07. The molecule has 1 fully saturated rings. The number of aromatic hydroxyl groups is 1. The first kappa shape index (κ1) is 22.9. The zero-order valence-electron chi connectivity index (χ0n) is 17.9. The van der Waals surface area contributed by atoms with E-state index in [9.17, 15) is 19.8 Å². The summed E-state index contributed by atoms with van der Waals surface area (Å²) < 4.78 is 2.19. The number of carbonyl (C=O) groups is 1. The van der Waals surface area contributed by atoms with Crippen LogP contribution in [-0.4, -0.2) is 43.7 Å². The number of nitrogens with zero attached hydrogens (tertiary/aromatic N) is 2.